The largest absolute Gasteiger partial charge is 0.489 e. The number of anilines is 3. The topological polar surface area (TPSA) is 68.3 Å². The third-order valence-corrected chi connectivity index (χ3v) is 4.06. The van der Waals surface area contributed by atoms with Crippen LogP contribution in [0.1, 0.15) is 0 Å². The zero-order valence-corrected chi connectivity index (χ0v) is 15.4. The fourth-order valence-electron chi connectivity index (χ4n) is 2.50. The molecular weight excluding hydrogens is 397 g/mol. The van der Waals surface area contributed by atoms with Gasteiger partial charge in [0.05, 0.1) is 22.8 Å². The highest BCUT2D eigenvalue weighted by Crippen LogP contribution is 2.33. The van der Waals surface area contributed by atoms with Crippen LogP contribution in [0.25, 0.3) is 10.9 Å². The summed E-state index contributed by atoms with van der Waals surface area (Å²) in [5.74, 6) is 0.397. The molecule has 1 aromatic heterocycles. The molecule has 3 rings (SSSR count). The van der Waals surface area contributed by atoms with E-state index in [1.807, 2.05) is 0 Å². The Hall–Kier alpha value is -2.78. The number of rotatable bonds is 8. The molecule has 0 fully saturated rings. The van der Waals surface area contributed by atoms with Crippen LogP contribution in [0.3, 0.4) is 0 Å². The van der Waals surface area contributed by atoms with Gasteiger partial charge in [-0.05, 0) is 24.3 Å². The molecule has 2 aromatic carbocycles. The quantitative estimate of drug-likeness (QED) is 0.517. The molecule has 0 aliphatic heterocycles. The van der Waals surface area contributed by atoms with Gasteiger partial charge in [0.25, 0.3) is 0 Å². The van der Waals surface area contributed by atoms with Crippen molar-refractivity contribution in [2.45, 2.75) is 6.61 Å². The van der Waals surface area contributed by atoms with Crippen molar-refractivity contribution in [2.75, 3.05) is 30.9 Å². The van der Waals surface area contributed by atoms with Gasteiger partial charge in [-0.25, -0.2) is 14.4 Å². The molecule has 0 bridgehead atoms. The number of halogens is 4. The second-order valence-corrected chi connectivity index (χ2v) is 5.98. The molecule has 0 aliphatic rings. The van der Waals surface area contributed by atoms with Gasteiger partial charge < -0.3 is 20.1 Å². The summed E-state index contributed by atoms with van der Waals surface area (Å²) in [5.41, 5.74) is 1.73. The molecule has 0 saturated heterocycles. The minimum Gasteiger partial charge on any atom is -0.489 e. The maximum atomic E-state index is 13.3. The smallest absolute Gasteiger partial charge is 0.345 e. The minimum atomic E-state index is -2.84. The van der Waals surface area contributed by atoms with Crippen molar-refractivity contribution >= 4 is 39.7 Å². The van der Waals surface area contributed by atoms with Gasteiger partial charge in [0.15, 0.2) is 0 Å². The van der Waals surface area contributed by atoms with E-state index in [-0.39, 0.29) is 18.2 Å². The number of nitrogens with one attached hydrogen (secondary N) is 2. The van der Waals surface area contributed by atoms with Crippen LogP contribution in [0.5, 0.6) is 5.75 Å². The van der Waals surface area contributed by atoms with Gasteiger partial charge in [-0.2, -0.15) is 8.78 Å². The lowest BCUT2D eigenvalue weighted by Crippen LogP contribution is -2.10. The van der Waals surface area contributed by atoms with Crippen LogP contribution in [-0.2, 0) is 4.74 Å². The van der Waals surface area contributed by atoms with E-state index in [0.717, 1.165) is 0 Å². The predicted octanol–water partition coefficient (Wildman–Crippen LogP) is 4.83. The fraction of sp³-hybridized carbons (Fsp3) is 0.222. The van der Waals surface area contributed by atoms with Crippen molar-refractivity contribution in [1.82, 2.24) is 9.97 Å². The van der Waals surface area contributed by atoms with Crippen LogP contribution >= 0.6 is 11.6 Å². The molecule has 10 heteroatoms. The van der Waals surface area contributed by atoms with Gasteiger partial charge >= 0.3 is 6.61 Å². The van der Waals surface area contributed by atoms with Crippen molar-refractivity contribution in [2.24, 2.45) is 0 Å². The standard InChI is InChI=1S/C18H16ClF3N4O2/c1-23-15-7-11-14(8-16(15)27-4-5-28-18(21)22)24-9-25-17(11)26-10-2-3-13(20)12(19)6-10/h2-3,6-9,18,23H,4-5H2,1H3,(H,24,25,26). The molecule has 148 valence electrons. The van der Waals surface area contributed by atoms with Crippen LogP contribution in [-0.4, -0.2) is 36.8 Å². The Balaban J connectivity index is 1.87. The number of benzene rings is 2. The molecule has 2 N–H and O–H groups in total. The van der Waals surface area contributed by atoms with E-state index in [0.29, 0.717) is 33.8 Å². The number of hydrogen-bond donors (Lipinski definition) is 2. The van der Waals surface area contributed by atoms with E-state index in [2.05, 4.69) is 25.3 Å². The Labute approximate surface area is 163 Å². The SMILES string of the molecule is CNc1cc2c(Nc3ccc(F)c(Cl)c3)ncnc2cc1OCCOC(F)F. The van der Waals surface area contributed by atoms with Crippen molar-refractivity contribution < 1.29 is 22.6 Å². The lowest BCUT2D eigenvalue weighted by molar-refractivity contribution is -0.133. The first-order chi connectivity index (χ1) is 13.5. The van der Waals surface area contributed by atoms with Crippen molar-refractivity contribution in [3.63, 3.8) is 0 Å². The lowest BCUT2D eigenvalue weighted by atomic mass is 10.2. The van der Waals surface area contributed by atoms with Gasteiger partial charge in [-0.15, -0.1) is 0 Å². The highest BCUT2D eigenvalue weighted by atomic mass is 35.5. The summed E-state index contributed by atoms with van der Waals surface area (Å²) in [6.07, 6.45) is 1.36. The van der Waals surface area contributed by atoms with Crippen molar-refractivity contribution in [3.8, 4) is 5.75 Å². The third-order valence-electron chi connectivity index (χ3n) is 3.77. The fourth-order valence-corrected chi connectivity index (χ4v) is 2.68. The Morgan fingerprint density at radius 3 is 2.68 bits per heavy atom. The van der Waals surface area contributed by atoms with Gasteiger partial charge in [-0.1, -0.05) is 11.6 Å². The minimum absolute atomic E-state index is 0.0130. The van der Waals surface area contributed by atoms with E-state index < -0.39 is 12.4 Å². The van der Waals surface area contributed by atoms with Crippen molar-refractivity contribution in [3.05, 3.63) is 47.5 Å². The predicted molar refractivity (Wildman–Crippen MR) is 101 cm³/mol. The van der Waals surface area contributed by atoms with Crippen molar-refractivity contribution in [1.29, 1.82) is 0 Å². The summed E-state index contributed by atoms with van der Waals surface area (Å²) in [5, 5.41) is 6.71. The number of fused-ring (bicyclic) bond motifs is 1. The van der Waals surface area contributed by atoms with Gasteiger partial charge in [-0.3, -0.25) is 0 Å². The monoisotopic (exact) mass is 412 g/mol. The van der Waals surface area contributed by atoms with Crippen LogP contribution in [0.4, 0.5) is 30.4 Å². The Kier molecular flexibility index (Phi) is 6.37. The zero-order valence-electron chi connectivity index (χ0n) is 14.7. The molecule has 0 amide bonds. The second kappa shape index (κ2) is 8.94. The summed E-state index contributed by atoms with van der Waals surface area (Å²) in [4.78, 5) is 8.43. The van der Waals surface area contributed by atoms with Gasteiger partial charge in [0.2, 0.25) is 0 Å². The number of nitrogens with zero attached hydrogens (tertiary/aromatic N) is 2. The van der Waals surface area contributed by atoms with E-state index in [1.165, 1.54) is 24.5 Å². The molecular formula is C18H16ClF3N4O2. The van der Waals surface area contributed by atoms with Crippen LogP contribution in [0.15, 0.2) is 36.7 Å². The number of ether oxygens (including phenoxy) is 2. The Morgan fingerprint density at radius 2 is 1.96 bits per heavy atom. The molecule has 0 radical (unpaired) electrons. The van der Waals surface area contributed by atoms with Crippen LogP contribution < -0.4 is 15.4 Å². The second-order valence-electron chi connectivity index (χ2n) is 5.57. The van der Waals surface area contributed by atoms with E-state index in [1.54, 1.807) is 19.2 Å². The molecule has 28 heavy (non-hydrogen) atoms. The van der Waals surface area contributed by atoms with Gasteiger partial charge in [0.1, 0.15) is 30.3 Å². The first-order valence-corrected chi connectivity index (χ1v) is 8.57. The lowest BCUT2D eigenvalue weighted by Gasteiger charge is -2.14. The molecule has 6 nitrogen and oxygen atoms in total. The van der Waals surface area contributed by atoms with Gasteiger partial charge in [0, 0.05) is 24.2 Å². The normalized spacial score (nSPS) is 11.1. The molecule has 0 aliphatic carbocycles. The maximum Gasteiger partial charge on any atom is 0.345 e. The van der Waals surface area contributed by atoms with E-state index in [4.69, 9.17) is 16.3 Å². The average Bonchev–Trinajstić information content (AvgIpc) is 2.67. The number of aromatic nitrogens is 2. The summed E-state index contributed by atoms with van der Waals surface area (Å²) >= 11 is 5.82. The molecule has 0 unspecified atom stereocenters. The molecule has 1 heterocycles. The van der Waals surface area contributed by atoms with Crippen LogP contribution in [0.2, 0.25) is 5.02 Å². The summed E-state index contributed by atoms with van der Waals surface area (Å²) in [6, 6.07) is 7.65. The zero-order chi connectivity index (χ0) is 20.1. The summed E-state index contributed by atoms with van der Waals surface area (Å²) in [7, 11) is 1.69. The average molecular weight is 413 g/mol. The van der Waals surface area contributed by atoms with E-state index in [9.17, 15) is 13.2 Å². The summed E-state index contributed by atoms with van der Waals surface area (Å²) < 4.78 is 47.1. The molecule has 0 atom stereocenters. The third kappa shape index (κ3) is 4.73. The first kappa shape index (κ1) is 20.0. The Bertz CT molecular complexity index is 975. The molecule has 0 saturated carbocycles. The van der Waals surface area contributed by atoms with Crippen LogP contribution in [0, 0.1) is 5.82 Å². The summed E-state index contributed by atoms with van der Waals surface area (Å²) in [6.45, 7) is -3.14. The maximum absolute atomic E-state index is 13.3. The number of alkyl halides is 2. The van der Waals surface area contributed by atoms with E-state index >= 15 is 0 Å². The Morgan fingerprint density at radius 1 is 1.14 bits per heavy atom. The molecule has 0 spiro atoms. The first-order valence-electron chi connectivity index (χ1n) is 8.19. The highest BCUT2D eigenvalue weighted by Gasteiger charge is 2.12. The number of hydrogen-bond acceptors (Lipinski definition) is 6. The molecule has 3 aromatic rings. The highest BCUT2D eigenvalue weighted by molar-refractivity contribution is 6.31.